The largest absolute Gasteiger partial charge is 0.505 e. The lowest BCUT2D eigenvalue weighted by Crippen LogP contribution is -2.25. The number of aliphatic hydroxyl groups excluding tert-OH is 1. The molecule has 48 heavy (non-hydrogen) atoms. The van der Waals surface area contributed by atoms with Crippen LogP contribution in [0.5, 0.6) is 17.4 Å². The van der Waals surface area contributed by atoms with Crippen molar-refractivity contribution in [3.05, 3.63) is 77.1 Å². The highest BCUT2D eigenvalue weighted by Gasteiger charge is 2.30. The SMILES string of the molecule is CNCC(C(N)=Nc1cnc(Oc2c(F)cccc2F)cc1C)=C(O)c1cc2cc(OCC(F)F)c(NS(=O)(=O)C3CCCC3)cc2[nH]1. The molecule has 11 nitrogen and oxygen atoms in total. The van der Waals surface area contributed by atoms with Crippen LogP contribution in [0.4, 0.5) is 28.9 Å². The molecule has 2 aromatic carbocycles. The smallest absolute Gasteiger partial charge is 0.272 e. The van der Waals surface area contributed by atoms with Gasteiger partial charge in [-0.15, -0.1) is 0 Å². The first kappa shape index (κ1) is 34.5. The minimum atomic E-state index is -3.82. The van der Waals surface area contributed by atoms with Crippen LogP contribution in [0.1, 0.15) is 36.9 Å². The molecule has 6 N–H and O–H groups in total. The number of aromatic nitrogens is 2. The lowest BCUT2D eigenvalue weighted by Gasteiger charge is -2.17. The normalized spacial score (nSPS) is 14.9. The molecule has 1 aliphatic rings. The molecule has 0 bridgehead atoms. The molecule has 0 saturated heterocycles. The van der Waals surface area contributed by atoms with E-state index in [0.29, 0.717) is 29.3 Å². The van der Waals surface area contributed by atoms with Gasteiger partial charge in [-0.3, -0.25) is 4.72 Å². The number of nitrogens with two attached hydrogens (primary N) is 1. The van der Waals surface area contributed by atoms with Crippen molar-refractivity contribution in [3.63, 3.8) is 0 Å². The van der Waals surface area contributed by atoms with Crippen LogP contribution < -0.4 is 25.2 Å². The number of hydrogen-bond acceptors (Lipinski definition) is 8. The molecule has 4 aromatic rings. The standard InChI is InChI=1S/C32H34F4N6O5S/c1-17-10-29(47-31-21(33)8-5-9-22(31)34)39-15-26(17)41-32(37)20(14-38-2)30(43)25-11-18-12-27(46-16-28(35)36)24(13-23(18)40-25)42-48(44,45)19-6-3-4-7-19/h5,8-13,15,19,28,38,40,42-43H,3-4,6-7,14,16H2,1-2H3,(H2,37,41). The van der Waals surface area contributed by atoms with Crippen molar-refractivity contribution in [1.82, 2.24) is 15.3 Å². The van der Waals surface area contributed by atoms with E-state index in [4.69, 9.17) is 15.2 Å². The third-order valence-electron chi connectivity index (χ3n) is 7.71. The predicted octanol–water partition coefficient (Wildman–Crippen LogP) is 6.45. The first-order chi connectivity index (χ1) is 22.9. The highest BCUT2D eigenvalue weighted by atomic mass is 32.2. The first-order valence-electron chi connectivity index (χ1n) is 15.0. The highest BCUT2D eigenvalue weighted by molar-refractivity contribution is 7.93. The third kappa shape index (κ3) is 7.82. The van der Waals surface area contributed by atoms with Crippen LogP contribution in [-0.2, 0) is 10.0 Å². The zero-order valence-corrected chi connectivity index (χ0v) is 26.8. The van der Waals surface area contributed by atoms with Crippen LogP contribution >= 0.6 is 0 Å². The number of halogens is 4. The number of benzene rings is 2. The van der Waals surface area contributed by atoms with Gasteiger partial charge >= 0.3 is 0 Å². The van der Waals surface area contributed by atoms with Crippen LogP contribution in [0.15, 0.2) is 59.2 Å². The summed E-state index contributed by atoms with van der Waals surface area (Å²) in [4.78, 5) is 11.5. The third-order valence-corrected chi connectivity index (χ3v) is 9.56. The summed E-state index contributed by atoms with van der Waals surface area (Å²) >= 11 is 0. The molecule has 0 spiro atoms. The summed E-state index contributed by atoms with van der Waals surface area (Å²) < 4.78 is 93.3. The second kappa shape index (κ2) is 14.5. The molecule has 1 aliphatic carbocycles. The first-order valence-corrected chi connectivity index (χ1v) is 16.5. The van der Waals surface area contributed by atoms with Gasteiger partial charge in [-0.2, -0.15) is 0 Å². The number of aliphatic hydroxyl groups is 1. The Morgan fingerprint density at radius 1 is 1.17 bits per heavy atom. The number of pyridine rings is 1. The van der Waals surface area contributed by atoms with E-state index in [9.17, 15) is 31.1 Å². The number of likely N-dealkylation sites (N-methyl/N-ethyl adjacent to an activating group) is 1. The predicted molar refractivity (Wildman–Crippen MR) is 175 cm³/mol. The van der Waals surface area contributed by atoms with Crippen molar-refractivity contribution >= 4 is 43.9 Å². The Balaban J connectivity index is 1.47. The maximum atomic E-state index is 14.0. The summed E-state index contributed by atoms with van der Waals surface area (Å²) in [6, 6.07) is 9.08. The van der Waals surface area contributed by atoms with Crippen molar-refractivity contribution in [2.45, 2.75) is 44.3 Å². The zero-order valence-electron chi connectivity index (χ0n) is 26.0. The number of nitrogens with one attached hydrogen (secondary N) is 3. The molecule has 0 radical (unpaired) electrons. The molecule has 0 aliphatic heterocycles. The summed E-state index contributed by atoms with van der Waals surface area (Å²) in [5.74, 6) is -2.96. The number of para-hydroxylation sites is 1. The number of amidine groups is 1. The van der Waals surface area contributed by atoms with E-state index < -0.39 is 45.7 Å². The summed E-state index contributed by atoms with van der Waals surface area (Å²) in [6.07, 6.45) is 1.04. The lowest BCUT2D eigenvalue weighted by molar-refractivity contribution is 0.0823. The summed E-state index contributed by atoms with van der Waals surface area (Å²) in [7, 11) is -2.19. The number of hydrogen-bond donors (Lipinski definition) is 5. The fourth-order valence-corrected chi connectivity index (χ4v) is 6.87. The maximum absolute atomic E-state index is 14.0. The van der Waals surface area contributed by atoms with E-state index in [1.165, 1.54) is 36.5 Å². The van der Waals surface area contributed by atoms with Gasteiger partial charge in [0.1, 0.15) is 24.0 Å². The van der Waals surface area contributed by atoms with Gasteiger partial charge in [-0.1, -0.05) is 18.9 Å². The molecular formula is C32H34F4N6O5S. The van der Waals surface area contributed by atoms with Crippen LogP contribution in [0.3, 0.4) is 0 Å². The Morgan fingerprint density at radius 2 is 1.88 bits per heavy atom. The molecule has 2 aromatic heterocycles. The molecule has 1 fully saturated rings. The van der Waals surface area contributed by atoms with Gasteiger partial charge in [-0.05, 0) is 62.7 Å². The number of nitrogens with zero attached hydrogens (tertiary/aromatic N) is 2. The number of alkyl halides is 2. The van der Waals surface area contributed by atoms with E-state index in [1.807, 2.05) is 0 Å². The molecule has 0 amide bonds. The summed E-state index contributed by atoms with van der Waals surface area (Å²) in [5.41, 5.74) is 7.83. The summed E-state index contributed by atoms with van der Waals surface area (Å²) in [5, 5.41) is 14.1. The van der Waals surface area contributed by atoms with Gasteiger partial charge in [0.2, 0.25) is 21.7 Å². The maximum Gasteiger partial charge on any atom is 0.272 e. The molecule has 5 rings (SSSR count). The van der Waals surface area contributed by atoms with Crippen LogP contribution in [0, 0.1) is 18.6 Å². The average molecular weight is 691 g/mol. The molecule has 16 heteroatoms. The van der Waals surface area contributed by atoms with Crippen molar-refractivity contribution in [1.29, 1.82) is 0 Å². The van der Waals surface area contributed by atoms with E-state index in [1.54, 1.807) is 14.0 Å². The highest BCUT2D eigenvalue weighted by Crippen LogP contribution is 2.36. The molecule has 2 heterocycles. The number of aromatic amines is 1. The Morgan fingerprint density at radius 3 is 2.52 bits per heavy atom. The fourth-order valence-electron chi connectivity index (χ4n) is 5.29. The number of sulfonamides is 1. The fraction of sp³-hybridized carbons (Fsp3) is 0.312. The number of anilines is 1. The van der Waals surface area contributed by atoms with Crippen molar-refractivity contribution in [2.75, 3.05) is 24.9 Å². The Hall–Kier alpha value is -4.83. The summed E-state index contributed by atoms with van der Waals surface area (Å²) in [6.45, 7) is 0.766. The number of H-pyrrole nitrogens is 1. The van der Waals surface area contributed by atoms with Gasteiger partial charge < -0.3 is 30.6 Å². The zero-order chi connectivity index (χ0) is 34.6. The quantitative estimate of drug-likeness (QED) is 0.0463. The average Bonchev–Trinajstić information content (AvgIpc) is 3.72. The molecule has 0 unspecified atom stereocenters. The topological polar surface area (TPSA) is 164 Å². The van der Waals surface area contributed by atoms with E-state index >= 15 is 0 Å². The Labute approximate surface area is 273 Å². The monoisotopic (exact) mass is 690 g/mol. The van der Waals surface area contributed by atoms with Crippen LogP contribution in [0.25, 0.3) is 16.7 Å². The van der Waals surface area contributed by atoms with Gasteiger partial charge in [0.05, 0.1) is 34.1 Å². The Kier molecular flexibility index (Phi) is 10.4. The van der Waals surface area contributed by atoms with Gasteiger partial charge in [-0.25, -0.2) is 36.0 Å². The minimum Gasteiger partial charge on any atom is -0.505 e. The van der Waals surface area contributed by atoms with Crippen LogP contribution in [-0.4, -0.2) is 61.2 Å². The van der Waals surface area contributed by atoms with E-state index in [-0.39, 0.29) is 52.4 Å². The van der Waals surface area contributed by atoms with E-state index in [2.05, 4.69) is 25.0 Å². The number of fused-ring (bicyclic) bond motifs is 1. The molecule has 0 atom stereocenters. The van der Waals surface area contributed by atoms with Crippen molar-refractivity contribution in [2.24, 2.45) is 10.7 Å². The second-order valence-corrected chi connectivity index (χ2v) is 13.2. The number of aryl methyl sites for hydroxylation is 1. The van der Waals surface area contributed by atoms with Gasteiger partial charge in [0.25, 0.3) is 6.43 Å². The molecule has 1 saturated carbocycles. The number of rotatable bonds is 13. The lowest BCUT2D eigenvalue weighted by atomic mass is 10.1. The van der Waals surface area contributed by atoms with Crippen molar-refractivity contribution in [3.8, 4) is 17.4 Å². The van der Waals surface area contributed by atoms with Gasteiger partial charge in [0, 0.05) is 23.5 Å². The minimum absolute atomic E-state index is 0.0170. The van der Waals surface area contributed by atoms with Gasteiger partial charge in [0.15, 0.2) is 11.6 Å². The van der Waals surface area contributed by atoms with Crippen molar-refractivity contribution < 1.29 is 40.6 Å². The molecule has 256 valence electrons. The van der Waals surface area contributed by atoms with Crippen LogP contribution in [0.2, 0.25) is 0 Å². The number of aliphatic imine (C=N–C) groups is 1. The van der Waals surface area contributed by atoms with E-state index in [0.717, 1.165) is 25.0 Å². The number of ether oxygens (including phenoxy) is 2. The molecular weight excluding hydrogens is 656 g/mol. The Bertz CT molecular complexity index is 1960. The second-order valence-electron chi connectivity index (χ2n) is 11.2.